The van der Waals surface area contributed by atoms with Crippen LogP contribution < -0.4 is 0 Å². The molecule has 0 saturated heterocycles. The molecule has 0 aliphatic heterocycles. The van der Waals surface area contributed by atoms with E-state index in [2.05, 4.69) is 15.3 Å². The summed E-state index contributed by atoms with van der Waals surface area (Å²) in [5.41, 5.74) is 0.572. The third-order valence-corrected chi connectivity index (χ3v) is 2.27. The molecule has 2 rings (SSSR count). The zero-order valence-corrected chi connectivity index (χ0v) is 9.45. The minimum absolute atomic E-state index is 0.0474. The number of aromatic nitrogens is 5. The van der Waals surface area contributed by atoms with Gasteiger partial charge < -0.3 is 0 Å². The van der Waals surface area contributed by atoms with Gasteiger partial charge in [0.1, 0.15) is 5.69 Å². The number of nitrogens with zero attached hydrogens (tertiary/aromatic N) is 5. The molecule has 6 heteroatoms. The number of carbonyl (C=O) groups excluding carboxylic acids is 1. The van der Waals surface area contributed by atoms with Gasteiger partial charge in [-0.05, 0) is 0 Å². The summed E-state index contributed by atoms with van der Waals surface area (Å²) in [5.74, 6) is 0.568. The maximum Gasteiger partial charge on any atom is 0.196 e. The van der Waals surface area contributed by atoms with Gasteiger partial charge in [0.15, 0.2) is 11.6 Å². The van der Waals surface area contributed by atoms with E-state index >= 15 is 0 Å². The normalized spacial score (nSPS) is 11.0. The molecule has 0 fully saturated rings. The quantitative estimate of drug-likeness (QED) is 0.717. The molecular weight excluding hydrogens is 206 g/mol. The number of hydrogen-bond acceptors (Lipinski definition) is 4. The van der Waals surface area contributed by atoms with E-state index in [4.69, 9.17) is 0 Å². The van der Waals surface area contributed by atoms with Gasteiger partial charge in [-0.1, -0.05) is 13.8 Å². The van der Waals surface area contributed by atoms with Crippen molar-refractivity contribution in [2.45, 2.75) is 13.8 Å². The van der Waals surface area contributed by atoms with Gasteiger partial charge in [0.2, 0.25) is 0 Å². The molecule has 16 heavy (non-hydrogen) atoms. The lowest BCUT2D eigenvalue weighted by Gasteiger charge is -2.02. The monoisotopic (exact) mass is 219 g/mol. The number of Topliss-reactive ketones (excluding diaryl/α,β-unsaturated/α-hetero) is 1. The molecule has 0 bridgehead atoms. The minimum atomic E-state index is -0.0474. The molecule has 6 nitrogen and oxygen atoms in total. The Bertz CT molecular complexity index is 497. The van der Waals surface area contributed by atoms with Crippen molar-refractivity contribution in [2.24, 2.45) is 13.0 Å². The molecule has 2 aromatic rings. The van der Waals surface area contributed by atoms with E-state index in [9.17, 15) is 4.79 Å². The van der Waals surface area contributed by atoms with Crippen molar-refractivity contribution in [3.63, 3.8) is 0 Å². The van der Waals surface area contributed by atoms with Crippen LogP contribution in [0.4, 0.5) is 0 Å². The van der Waals surface area contributed by atoms with Crippen LogP contribution in [0.3, 0.4) is 0 Å². The molecule has 0 atom stereocenters. The van der Waals surface area contributed by atoms with Crippen LogP contribution >= 0.6 is 0 Å². The van der Waals surface area contributed by atoms with E-state index in [0.717, 1.165) is 0 Å². The van der Waals surface area contributed by atoms with Gasteiger partial charge in [-0.15, -0.1) is 4.80 Å². The van der Waals surface area contributed by atoms with Gasteiger partial charge in [-0.2, -0.15) is 15.3 Å². The molecule has 0 saturated carbocycles. The lowest BCUT2D eigenvalue weighted by molar-refractivity contribution is 0.0930. The van der Waals surface area contributed by atoms with E-state index < -0.39 is 0 Å². The van der Waals surface area contributed by atoms with Crippen LogP contribution in [0.2, 0.25) is 0 Å². The van der Waals surface area contributed by atoms with Crippen molar-refractivity contribution in [3.05, 3.63) is 24.2 Å². The second-order valence-electron chi connectivity index (χ2n) is 3.85. The van der Waals surface area contributed by atoms with E-state index in [1.807, 2.05) is 13.8 Å². The first kappa shape index (κ1) is 10.5. The van der Waals surface area contributed by atoms with Crippen molar-refractivity contribution < 1.29 is 4.79 Å². The standard InChI is InChI=1S/C10H13N5O/c1-7(2)10(16)8-6-9(13-14(8)3)15-11-4-5-12-15/h4-7H,1-3H3. The minimum Gasteiger partial charge on any atom is -0.292 e. The predicted molar refractivity (Wildman–Crippen MR) is 57.3 cm³/mol. The summed E-state index contributed by atoms with van der Waals surface area (Å²) in [4.78, 5) is 13.2. The maximum atomic E-state index is 11.8. The predicted octanol–water partition coefficient (Wildman–Crippen LogP) is 0.839. The first-order chi connectivity index (χ1) is 7.59. The number of carbonyl (C=O) groups is 1. The summed E-state index contributed by atoms with van der Waals surface area (Å²) < 4.78 is 1.56. The van der Waals surface area contributed by atoms with Crippen LogP contribution in [0.5, 0.6) is 0 Å². The van der Waals surface area contributed by atoms with Gasteiger partial charge in [-0.25, -0.2) is 0 Å². The van der Waals surface area contributed by atoms with Crippen molar-refractivity contribution in [1.29, 1.82) is 0 Å². The molecule has 0 amide bonds. The molecule has 0 aliphatic rings. The molecule has 0 aromatic carbocycles. The van der Waals surface area contributed by atoms with Crippen LogP contribution in [-0.2, 0) is 7.05 Å². The first-order valence-electron chi connectivity index (χ1n) is 5.04. The zero-order chi connectivity index (χ0) is 11.7. The second-order valence-corrected chi connectivity index (χ2v) is 3.85. The fourth-order valence-corrected chi connectivity index (χ4v) is 1.41. The van der Waals surface area contributed by atoms with Crippen molar-refractivity contribution in [2.75, 3.05) is 0 Å². The second kappa shape index (κ2) is 3.88. The summed E-state index contributed by atoms with van der Waals surface area (Å²) in [6, 6.07) is 1.70. The Kier molecular flexibility index (Phi) is 2.55. The van der Waals surface area contributed by atoms with Gasteiger partial charge >= 0.3 is 0 Å². The molecule has 0 radical (unpaired) electrons. The van der Waals surface area contributed by atoms with Gasteiger partial charge in [0.25, 0.3) is 0 Å². The molecule has 84 valence electrons. The maximum absolute atomic E-state index is 11.8. The highest BCUT2D eigenvalue weighted by atomic mass is 16.1. The fourth-order valence-electron chi connectivity index (χ4n) is 1.41. The van der Waals surface area contributed by atoms with Gasteiger partial charge in [0, 0.05) is 19.0 Å². The van der Waals surface area contributed by atoms with E-state index in [-0.39, 0.29) is 11.7 Å². The zero-order valence-electron chi connectivity index (χ0n) is 9.45. The molecule has 2 heterocycles. The highest BCUT2D eigenvalue weighted by Crippen LogP contribution is 2.11. The Balaban J connectivity index is 2.40. The van der Waals surface area contributed by atoms with Crippen molar-refractivity contribution in [1.82, 2.24) is 24.8 Å². The fraction of sp³-hybridized carbons (Fsp3) is 0.400. The van der Waals surface area contributed by atoms with Gasteiger partial charge in [-0.3, -0.25) is 9.48 Å². The summed E-state index contributed by atoms with van der Waals surface area (Å²) in [7, 11) is 1.74. The van der Waals surface area contributed by atoms with E-state index in [1.165, 1.54) is 4.80 Å². The Hall–Kier alpha value is -1.98. The van der Waals surface area contributed by atoms with Gasteiger partial charge in [0.05, 0.1) is 12.4 Å². The van der Waals surface area contributed by atoms with E-state index in [1.54, 1.807) is 30.2 Å². The van der Waals surface area contributed by atoms with Crippen LogP contribution in [0.25, 0.3) is 5.82 Å². The number of ketones is 1. The van der Waals surface area contributed by atoms with E-state index in [0.29, 0.717) is 11.5 Å². The highest BCUT2D eigenvalue weighted by molar-refractivity contribution is 5.96. The number of aryl methyl sites for hydroxylation is 1. The highest BCUT2D eigenvalue weighted by Gasteiger charge is 2.17. The molecule has 0 N–H and O–H groups in total. The topological polar surface area (TPSA) is 65.6 Å². The average molecular weight is 219 g/mol. The average Bonchev–Trinajstić information content (AvgIpc) is 2.84. The number of rotatable bonds is 3. The van der Waals surface area contributed by atoms with Crippen LogP contribution in [-0.4, -0.2) is 30.6 Å². The number of hydrogen-bond donors (Lipinski definition) is 0. The summed E-state index contributed by atoms with van der Waals surface area (Å²) in [6.45, 7) is 3.72. The molecular formula is C10H13N5O. The SMILES string of the molecule is CC(C)C(=O)c1cc(-n2nccn2)nn1C. The molecule has 0 spiro atoms. The first-order valence-corrected chi connectivity index (χ1v) is 5.04. The Labute approximate surface area is 92.9 Å². The summed E-state index contributed by atoms with van der Waals surface area (Å²) in [6.07, 6.45) is 3.14. The van der Waals surface area contributed by atoms with Crippen molar-refractivity contribution in [3.8, 4) is 5.82 Å². The smallest absolute Gasteiger partial charge is 0.196 e. The Morgan fingerprint density at radius 1 is 1.31 bits per heavy atom. The third kappa shape index (κ3) is 1.73. The summed E-state index contributed by atoms with van der Waals surface area (Å²) >= 11 is 0. The van der Waals surface area contributed by atoms with Crippen LogP contribution in [0.15, 0.2) is 18.5 Å². The third-order valence-electron chi connectivity index (χ3n) is 2.27. The lowest BCUT2D eigenvalue weighted by Crippen LogP contribution is -2.12. The molecule has 0 unspecified atom stereocenters. The van der Waals surface area contributed by atoms with Crippen LogP contribution in [0, 0.1) is 5.92 Å². The molecule has 2 aromatic heterocycles. The van der Waals surface area contributed by atoms with Crippen LogP contribution in [0.1, 0.15) is 24.3 Å². The molecule has 0 aliphatic carbocycles. The summed E-state index contributed by atoms with van der Waals surface area (Å²) in [5, 5.41) is 12.1. The Morgan fingerprint density at radius 3 is 2.50 bits per heavy atom. The largest absolute Gasteiger partial charge is 0.292 e. The van der Waals surface area contributed by atoms with Crippen molar-refractivity contribution >= 4 is 5.78 Å². The lowest BCUT2D eigenvalue weighted by atomic mass is 10.1. The Morgan fingerprint density at radius 2 is 1.94 bits per heavy atom.